The lowest BCUT2D eigenvalue weighted by Crippen LogP contribution is -2.58. The Hall–Kier alpha value is -0.800. The molecule has 3 saturated heterocycles. The highest BCUT2D eigenvalue weighted by molar-refractivity contribution is 7.80. The highest BCUT2D eigenvalue weighted by Gasteiger charge is 2.50. The van der Waals surface area contributed by atoms with E-state index in [0.29, 0.717) is 37.5 Å². The molecule has 1 N–H and O–H groups in total. The molecule has 0 aromatic carbocycles. The molecular formula is C17H30N4O3S. The molecule has 8 heteroatoms. The van der Waals surface area contributed by atoms with E-state index in [2.05, 4.69) is 29.0 Å². The van der Waals surface area contributed by atoms with Crippen LogP contribution in [0.4, 0.5) is 0 Å². The average molecular weight is 371 g/mol. The molecule has 0 aromatic heterocycles. The Bertz CT molecular complexity index is 492. The first-order valence-electron chi connectivity index (χ1n) is 9.24. The summed E-state index contributed by atoms with van der Waals surface area (Å²) in [7, 11) is 0. The van der Waals surface area contributed by atoms with Crippen LogP contribution in [0.2, 0.25) is 0 Å². The van der Waals surface area contributed by atoms with Crippen molar-refractivity contribution in [2.75, 3.05) is 65.8 Å². The molecule has 142 valence electrons. The first kappa shape index (κ1) is 19.0. The van der Waals surface area contributed by atoms with E-state index in [1.54, 1.807) is 4.90 Å². The number of morpholine rings is 2. The molecule has 1 amide bonds. The highest BCUT2D eigenvalue weighted by atomic mass is 32.1. The fraction of sp³-hybridized carbons (Fsp3) is 0.882. The summed E-state index contributed by atoms with van der Waals surface area (Å²) < 4.78 is 10.8. The van der Waals surface area contributed by atoms with Crippen molar-refractivity contribution >= 4 is 23.2 Å². The maximum atomic E-state index is 13.4. The Labute approximate surface area is 155 Å². The number of carbonyl (C=O) groups excluding carboxylic acids is 1. The van der Waals surface area contributed by atoms with E-state index in [9.17, 15) is 4.79 Å². The second-order valence-corrected chi connectivity index (χ2v) is 7.99. The quantitative estimate of drug-likeness (QED) is 0.666. The predicted octanol–water partition coefficient (Wildman–Crippen LogP) is 0.110. The number of hydrogen-bond acceptors (Lipinski definition) is 6. The largest absolute Gasteiger partial charge is 0.379 e. The van der Waals surface area contributed by atoms with E-state index in [0.717, 1.165) is 45.8 Å². The van der Waals surface area contributed by atoms with Crippen LogP contribution in [0.3, 0.4) is 0 Å². The standard InChI is InChI=1S/C17H30N4O3S/c1-14(2)11-17(12-19-3-7-23-8-4-19)15(22)21(16(25)18-17)13-20-5-9-24-10-6-20/h14H,3-13H2,1-2H3,(H,18,25). The van der Waals surface area contributed by atoms with Gasteiger partial charge in [-0.2, -0.15) is 0 Å². The minimum Gasteiger partial charge on any atom is -0.379 e. The van der Waals surface area contributed by atoms with E-state index in [4.69, 9.17) is 21.7 Å². The van der Waals surface area contributed by atoms with Crippen LogP contribution in [-0.4, -0.2) is 97.1 Å². The van der Waals surface area contributed by atoms with Crippen molar-refractivity contribution in [3.8, 4) is 0 Å². The fourth-order valence-electron chi connectivity index (χ4n) is 3.90. The Morgan fingerprint density at radius 3 is 2.20 bits per heavy atom. The zero-order chi connectivity index (χ0) is 17.9. The van der Waals surface area contributed by atoms with Crippen molar-refractivity contribution in [2.45, 2.75) is 25.8 Å². The first-order chi connectivity index (χ1) is 12.0. The predicted molar refractivity (Wildman–Crippen MR) is 99.3 cm³/mol. The zero-order valence-electron chi connectivity index (χ0n) is 15.3. The molecule has 7 nitrogen and oxygen atoms in total. The van der Waals surface area contributed by atoms with Gasteiger partial charge in [-0.05, 0) is 24.6 Å². The van der Waals surface area contributed by atoms with Crippen LogP contribution in [-0.2, 0) is 14.3 Å². The molecule has 0 bridgehead atoms. The van der Waals surface area contributed by atoms with Gasteiger partial charge in [0.05, 0.1) is 33.1 Å². The summed E-state index contributed by atoms with van der Waals surface area (Å²) in [4.78, 5) is 19.7. The third kappa shape index (κ3) is 4.49. The maximum Gasteiger partial charge on any atom is 0.256 e. The van der Waals surface area contributed by atoms with Crippen molar-refractivity contribution in [1.82, 2.24) is 20.0 Å². The zero-order valence-corrected chi connectivity index (χ0v) is 16.1. The summed E-state index contributed by atoms with van der Waals surface area (Å²) in [5.41, 5.74) is -0.616. The lowest BCUT2D eigenvalue weighted by molar-refractivity contribution is -0.135. The van der Waals surface area contributed by atoms with Gasteiger partial charge in [0.25, 0.3) is 5.91 Å². The maximum absolute atomic E-state index is 13.4. The molecule has 3 aliphatic heterocycles. The van der Waals surface area contributed by atoms with Gasteiger partial charge in [0.2, 0.25) is 0 Å². The number of thiocarbonyl (C=S) groups is 1. The topological polar surface area (TPSA) is 57.3 Å². The molecule has 3 heterocycles. The Balaban J connectivity index is 1.72. The van der Waals surface area contributed by atoms with E-state index in [-0.39, 0.29) is 5.91 Å². The SMILES string of the molecule is CC(C)CC1(CN2CCOCC2)NC(=S)N(CN2CCOCC2)C1=O. The van der Waals surface area contributed by atoms with Crippen molar-refractivity contribution < 1.29 is 14.3 Å². The van der Waals surface area contributed by atoms with Crippen molar-refractivity contribution in [3.63, 3.8) is 0 Å². The van der Waals surface area contributed by atoms with E-state index in [1.807, 2.05) is 0 Å². The fourth-order valence-corrected chi connectivity index (χ4v) is 4.23. The van der Waals surface area contributed by atoms with Crippen molar-refractivity contribution in [1.29, 1.82) is 0 Å². The number of hydrogen-bond donors (Lipinski definition) is 1. The van der Waals surface area contributed by atoms with Gasteiger partial charge in [0, 0.05) is 32.7 Å². The van der Waals surface area contributed by atoms with Crippen LogP contribution >= 0.6 is 12.2 Å². The molecule has 3 aliphatic rings. The summed E-state index contributed by atoms with van der Waals surface area (Å²) in [6.07, 6.45) is 0.781. The summed E-state index contributed by atoms with van der Waals surface area (Å²) in [5, 5.41) is 3.96. The normalized spacial score (nSPS) is 29.5. The van der Waals surface area contributed by atoms with E-state index < -0.39 is 5.54 Å². The van der Waals surface area contributed by atoms with Gasteiger partial charge < -0.3 is 14.8 Å². The van der Waals surface area contributed by atoms with Gasteiger partial charge in [-0.25, -0.2) is 0 Å². The molecule has 3 rings (SSSR count). The van der Waals surface area contributed by atoms with Gasteiger partial charge in [-0.15, -0.1) is 0 Å². The van der Waals surface area contributed by atoms with Gasteiger partial charge in [0.1, 0.15) is 5.54 Å². The monoisotopic (exact) mass is 370 g/mol. The molecule has 25 heavy (non-hydrogen) atoms. The van der Waals surface area contributed by atoms with Crippen LogP contribution in [0.5, 0.6) is 0 Å². The van der Waals surface area contributed by atoms with E-state index in [1.165, 1.54) is 0 Å². The number of rotatable bonds is 6. The lowest BCUT2D eigenvalue weighted by Gasteiger charge is -2.37. The molecule has 0 radical (unpaired) electrons. The third-order valence-electron chi connectivity index (χ3n) is 5.04. The molecule has 0 saturated carbocycles. The summed E-state index contributed by atoms with van der Waals surface area (Å²) in [5.74, 6) is 0.521. The molecule has 0 aromatic rings. The lowest BCUT2D eigenvalue weighted by atomic mass is 9.88. The van der Waals surface area contributed by atoms with Crippen LogP contribution in [0.25, 0.3) is 0 Å². The number of nitrogens with zero attached hydrogens (tertiary/aromatic N) is 3. The van der Waals surface area contributed by atoms with E-state index >= 15 is 0 Å². The van der Waals surface area contributed by atoms with Gasteiger partial charge in [-0.3, -0.25) is 19.5 Å². The highest BCUT2D eigenvalue weighted by Crippen LogP contribution is 2.27. The van der Waals surface area contributed by atoms with Crippen LogP contribution in [0, 0.1) is 5.92 Å². The second kappa shape index (κ2) is 8.26. The van der Waals surface area contributed by atoms with Crippen LogP contribution in [0.1, 0.15) is 20.3 Å². The molecule has 0 spiro atoms. The van der Waals surface area contributed by atoms with Gasteiger partial charge >= 0.3 is 0 Å². The molecule has 1 unspecified atom stereocenters. The Kier molecular flexibility index (Phi) is 6.27. The Morgan fingerprint density at radius 2 is 1.64 bits per heavy atom. The minimum absolute atomic E-state index is 0.115. The third-order valence-corrected chi connectivity index (χ3v) is 5.37. The molecular weight excluding hydrogens is 340 g/mol. The van der Waals surface area contributed by atoms with Crippen LogP contribution in [0.15, 0.2) is 0 Å². The van der Waals surface area contributed by atoms with Crippen molar-refractivity contribution in [3.05, 3.63) is 0 Å². The Morgan fingerprint density at radius 1 is 1.08 bits per heavy atom. The summed E-state index contributed by atoms with van der Waals surface area (Å²) in [6.45, 7) is 11.9. The number of ether oxygens (including phenoxy) is 2. The smallest absolute Gasteiger partial charge is 0.256 e. The summed E-state index contributed by atoms with van der Waals surface area (Å²) in [6, 6.07) is 0. The minimum atomic E-state index is -0.616. The molecule has 3 fully saturated rings. The van der Waals surface area contributed by atoms with Crippen LogP contribution < -0.4 is 5.32 Å². The molecule has 1 atom stereocenters. The first-order valence-corrected chi connectivity index (χ1v) is 9.65. The number of nitrogens with one attached hydrogen (secondary N) is 1. The average Bonchev–Trinajstić information content (AvgIpc) is 2.80. The van der Waals surface area contributed by atoms with Crippen molar-refractivity contribution in [2.24, 2.45) is 5.92 Å². The second-order valence-electron chi connectivity index (χ2n) is 7.60. The van der Waals surface area contributed by atoms with Gasteiger partial charge in [0.15, 0.2) is 5.11 Å². The molecule has 0 aliphatic carbocycles. The summed E-state index contributed by atoms with van der Waals surface area (Å²) >= 11 is 5.55. The van der Waals surface area contributed by atoms with Gasteiger partial charge in [-0.1, -0.05) is 13.8 Å². The number of amides is 1. The number of carbonyl (C=O) groups is 1.